The van der Waals surface area contributed by atoms with Crippen LogP contribution >= 0.6 is 0 Å². The number of aromatic carboxylic acids is 1. The van der Waals surface area contributed by atoms with Crippen molar-refractivity contribution in [3.05, 3.63) is 23.2 Å². The van der Waals surface area contributed by atoms with Gasteiger partial charge in [-0.2, -0.15) is 17.4 Å². The second-order valence-corrected chi connectivity index (χ2v) is 6.35. The molecule has 0 fully saturated rings. The lowest BCUT2D eigenvalue weighted by Gasteiger charge is -2.16. The van der Waals surface area contributed by atoms with E-state index in [1.165, 1.54) is 24.3 Å². The van der Waals surface area contributed by atoms with Gasteiger partial charge in [0.05, 0.1) is 6.54 Å². The zero-order valence-electron chi connectivity index (χ0n) is 11.8. The zero-order chi connectivity index (χ0) is 15.3. The maximum absolute atomic E-state index is 11.9. The molecule has 0 aliphatic rings. The van der Waals surface area contributed by atoms with Crippen LogP contribution in [0.25, 0.3) is 0 Å². The number of carboxylic acid groups (broad SMARTS) is 1. The van der Waals surface area contributed by atoms with Crippen LogP contribution in [0, 0.1) is 6.92 Å². The summed E-state index contributed by atoms with van der Waals surface area (Å²) in [7, 11) is -2.08. The molecule has 0 saturated carbocycles. The van der Waals surface area contributed by atoms with Crippen LogP contribution in [0.15, 0.2) is 10.5 Å². The normalized spacial score (nSPS) is 12.0. The Labute approximate surface area is 118 Å². The van der Waals surface area contributed by atoms with E-state index >= 15 is 0 Å². The first kappa shape index (κ1) is 16.7. The molecule has 0 aliphatic heterocycles. The SMILES string of the molecule is CCCCN(C)S(=O)(=O)NCc1cc(C(=O)O)c(C)o1. The molecule has 7 nitrogen and oxygen atoms in total. The fourth-order valence-corrected chi connectivity index (χ4v) is 2.53. The second-order valence-electron chi connectivity index (χ2n) is 4.49. The molecule has 0 aliphatic carbocycles. The quantitative estimate of drug-likeness (QED) is 0.755. The number of hydrogen-bond donors (Lipinski definition) is 2. The van der Waals surface area contributed by atoms with E-state index in [0.29, 0.717) is 6.54 Å². The summed E-state index contributed by atoms with van der Waals surface area (Å²) in [6.07, 6.45) is 1.68. The molecule has 1 aromatic rings. The van der Waals surface area contributed by atoms with Crippen LogP contribution in [-0.4, -0.2) is 37.4 Å². The maximum atomic E-state index is 11.9. The van der Waals surface area contributed by atoms with Crippen LogP contribution in [-0.2, 0) is 16.8 Å². The van der Waals surface area contributed by atoms with Crippen molar-refractivity contribution in [2.24, 2.45) is 0 Å². The van der Waals surface area contributed by atoms with Crippen molar-refractivity contribution in [2.75, 3.05) is 13.6 Å². The van der Waals surface area contributed by atoms with Crippen LogP contribution in [0.2, 0.25) is 0 Å². The molecule has 20 heavy (non-hydrogen) atoms. The van der Waals surface area contributed by atoms with Crippen LogP contribution in [0.4, 0.5) is 0 Å². The maximum Gasteiger partial charge on any atom is 0.339 e. The molecule has 0 spiro atoms. The first-order valence-electron chi connectivity index (χ1n) is 6.31. The molecule has 0 unspecified atom stereocenters. The van der Waals surface area contributed by atoms with E-state index in [4.69, 9.17) is 9.52 Å². The van der Waals surface area contributed by atoms with E-state index in [1.54, 1.807) is 0 Å². The van der Waals surface area contributed by atoms with Gasteiger partial charge in [-0.3, -0.25) is 0 Å². The van der Waals surface area contributed by atoms with Gasteiger partial charge in [0.1, 0.15) is 17.1 Å². The second kappa shape index (κ2) is 6.87. The highest BCUT2D eigenvalue weighted by Crippen LogP contribution is 2.14. The number of carbonyl (C=O) groups is 1. The van der Waals surface area contributed by atoms with Crippen molar-refractivity contribution < 1.29 is 22.7 Å². The molecule has 0 amide bonds. The van der Waals surface area contributed by atoms with Gasteiger partial charge < -0.3 is 9.52 Å². The van der Waals surface area contributed by atoms with Gasteiger partial charge in [0.2, 0.25) is 0 Å². The Kier molecular flexibility index (Phi) is 5.73. The fourth-order valence-electron chi connectivity index (χ4n) is 1.62. The number of rotatable bonds is 8. The van der Waals surface area contributed by atoms with Gasteiger partial charge in [-0.1, -0.05) is 13.3 Å². The van der Waals surface area contributed by atoms with Gasteiger partial charge in [0, 0.05) is 13.6 Å². The number of hydrogen-bond acceptors (Lipinski definition) is 4. The van der Waals surface area contributed by atoms with E-state index < -0.39 is 16.2 Å². The summed E-state index contributed by atoms with van der Waals surface area (Å²) in [6, 6.07) is 1.33. The Balaban J connectivity index is 2.66. The van der Waals surface area contributed by atoms with Gasteiger partial charge in [-0.05, 0) is 19.4 Å². The first-order chi connectivity index (χ1) is 9.27. The van der Waals surface area contributed by atoms with E-state index in [2.05, 4.69) is 4.72 Å². The van der Waals surface area contributed by atoms with E-state index in [-0.39, 0.29) is 23.6 Å². The summed E-state index contributed by atoms with van der Waals surface area (Å²) < 4.78 is 32.6. The molecule has 0 atom stereocenters. The summed E-state index contributed by atoms with van der Waals surface area (Å²) in [6.45, 7) is 3.86. The van der Waals surface area contributed by atoms with Crippen molar-refractivity contribution in [1.29, 1.82) is 0 Å². The summed E-state index contributed by atoms with van der Waals surface area (Å²) in [4.78, 5) is 10.9. The molecule has 0 aromatic carbocycles. The number of furan rings is 1. The highest BCUT2D eigenvalue weighted by molar-refractivity contribution is 7.87. The predicted octanol–water partition coefficient (Wildman–Crippen LogP) is 1.35. The molecular weight excluding hydrogens is 284 g/mol. The predicted molar refractivity (Wildman–Crippen MR) is 73.7 cm³/mol. The average molecular weight is 304 g/mol. The molecule has 0 saturated heterocycles. The smallest absolute Gasteiger partial charge is 0.339 e. The Morgan fingerprint density at radius 3 is 2.65 bits per heavy atom. The Morgan fingerprint density at radius 1 is 1.50 bits per heavy atom. The first-order valence-corrected chi connectivity index (χ1v) is 7.75. The van der Waals surface area contributed by atoms with Crippen LogP contribution < -0.4 is 4.72 Å². The topological polar surface area (TPSA) is 99.9 Å². The lowest BCUT2D eigenvalue weighted by atomic mass is 10.2. The Morgan fingerprint density at radius 2 is 2.15 bits per heavy atom. The lowest BCUT2D eigenvalue weighted by Crippen LogP contribution is -2.38. The van der Waals surface area contributed by atoms with E-state index in [9.17, 15) is 13.2 Å². The molecular formula is C12H20N2O5S. The van der Waals surface area contributed by atoms with Gasteiger partial charge in [-0.25, -0.2) is 4.79 Å². The molecule has 2 N–H and O–H groups in total. The van der Waals surface area contributed by atoms with Crippen molar-refractivity contribution in [3.63, 3.8) is 0 Å². The monoisotopic (exact) mass is 304 g/mol. The minimum atomic E-state index is -3.58. The summed E-state index contributed by atoms with van der Waals surface area (Å²) in [5, 5.41) is 8.89. The molecule has 1 heterocycles. The summed E-state index contributed by atoms with van der Waals surface area (Å²) >= 11 is 0. The van der Waals surface area contributed by atoms with Crippen LogP contribution in [0.5, 0.6) is 0 Å². The van der Waals surface area contributed by atoms with Crippen molar-refractivity contribution in [3.8, 4) is 0 Å². The van der Waals surface area contributed by atoms with Gasteiger partial charge in [-0.15, -0.1) is 0 Å². The van der Waals surface area contributed by atoms with Gasteiger partial charge in [0.25, 0.3) is 10.2 Å². The highest BCUT2D eigenvalue weighted by Gasteiger charge is 2.19. The third kappa shape index (κ3) is 4.32. The molecule has 1 aromatic heterocycles. The van der Waals surface area contributed by atoms with Crippen molar-refractivity contribution in [2.45, 2.75) is 33.2 Å². The largest absolute Gasteiger partial charge is 0.478 e. The molecule has 8 heteroatoms. The van der Waals surface area contributed by atoms with E-state index in [1.807, 2.05) is 6.92 Å². The average Bonchev–Trinajstić information content (AvgIpc) is 2.75. The summed E-state index contributed by atoms with van der Waals surface area (Å²) in [5.41, 5.74) is 0.0403. The molecule has 1 rings (SSSR count). The van der Waals surface area contributed by atoms with Crippen LogP contribution in [0.3, 0.4) is 0 Å². The number of unbranched alkanes of at least 4 members (excludes halogenated alkanes) is 1. The Hall–Kier alpha value is -1.38. The zero-order valence-corrected chi connectivity index (χ0v) is 12.7. The minimum Gasteiger partial charge on any atom is -0.478 e. The van der Waals surface area contributed by atoms with Crippen molar-refractivity contribution >= 4 is 16.2 Å². The van der Waals surface area contributed by atoms with Crippen LogP contribution in [0.1, 0.15) is 41.6 Å². The van der Waals surface area contributed by atoms with E-state index in [0.717, 1.165) is 12.8 Å². The number of nitrogens with one attached hydrogen (secondary N) is 1. The highest BCUT2D eigenvalue weighted by atomic mass is 32.2. The molecule has 0 bridgehead atoms. The summed E-state index contributed by atoms with van der Waals surface area (Å²) in [5.74, 6) is -0.571. The number of carboxylic acids is 1. The Bertz CT molecular complexity index is 564. The minimum absolute atomic E-state index is 0.0403. The third-order valence-corrected chi connectivity index (χ3v) is 4.38. The molecule has 114 valence electrons. The van der Waals surface area contributed by atoms with Gasteiger partial charge >= 0.3 is 5.97 Å². The third-order valence-electron chi connectivity index (χ3n) is 2.86. The number of aryl methyl sites for hydroxylation is 1. The van der Waals surface area contributed by atoms with Gasteiger partial charge in [0.15, 0.2) is 0 Å². The molecule has 0 radical (unpaired) electrons. The lowest BCUT2D eigenvalue weighted by molar-refractivity contribution is 0.0695. The fraction of sp³-hybridized carbons (Fsp3) is 0.583. The van der Waals surface area contributed by atoms with Crippen molar-refractivity contribution in [1.82, 2.24) is 9.03 Å². The number of nitrogens with zero attached hydrogens (tertiary/aromatic N) is 1. The standard InChI is InChI=1S/C12H20N2O5S/c1-4-5-6-14(3)20(17,18)13-8-10-7-11(12(15)16)9(2)19-10/h7,13H,4-6,8H2,1-3H3,(H,15,16).